The van der Waals surface area contributed by atoms with Crippen molar-refractivity contribution in [3.8, 4) is 22.8 Å². The van der Waals surface area contributed by atoms with E-state index in [1.807, 2.05) is 29.2 Å². The summed E-state index contributed by atoms with van der Waals surface area (Å²) < 4.78 is 18.2. The first kappa shape index (κ1) is 28.8. The molecule has 3 unspecified atom stereocenters. The van der Waals surface area contributed by atoms with Crippen molar-refractivity contribution in [3.05, 3.63) is 40.5 Å². The summed E-state index contributed by atoms with van der Waals surface area (Å²) in [6.07, 6.45) is 11.1. The molecule has 41 heavy (non-hydrogen) atoms. The largest absolute Gasteiger partial charge is 0.497 e. The highest BCUT2D eigenvalue weighted by Crippen LogP contribution is 2.49. The average molecular weight is 596 g/mol. The molecule has 3 atom stereocenters. The van der Waals surface area contributed by atoms with Crippen molar-refractivity contribution < 1.29 is 18.7 Å². The van der Waals surface area contributed by atoms with Gasteiger partial charge in [0, 0.05) is 49.9 Å². The van der Waals surface area contributed by atoms with E-state index >= 15 is 0 Å². The van der Waals surface area contributed by atoms with Gasteiger partial charge >= 0.3 is 0 Å². The van der Waals surface area contributed by atoms with Gasteiger partial charge in [0.1, 0.15) is 27.3 Å². The van der Waals surface area contributed by atoms with Crippen LogP contribution in [0.1, 0.15) is 56.3 Å². The molecule has 9 heteroatoms. The second kappa shape index (κ2) is 12.9. The van der Waals surface area contributed by atoms with Crippen molar-refractivity contribution in [2.75, 3.05) is 46.9 Å². The molecule has 2 saturated carbocycles. The number of aryl methyl sites for hydroxylation is 1. The number of rotatable bonds is 11. The van der Waals surface area contributed by atoms with Crippen molar-refractivity contribution in [3.63, 3.8) is 0 Å². The monoisotopic (exact) mass is 595 g/mol. The van der Waals surface area contributed by atoms with Gasteiger partial charge in [-0.25, -0.2) is 0 Å². The number of furan rings is 1. The molecule has 1 amide bonds. The van der Waals surface area contributed by atoms with Crippen LogP contribution in [0.2, 0.25) is 0 Å². The Morgan fingerprint density at radius 1 is 1.05 bits per heavy atom. The zero-order valence-electron chi connectivity index (χ0n) is 24.2. The van der Waals surface area contributed by atoms with E-state index < -0.39 is 0 Å². The Balaban J connectivity index is 1.21. The molecule has 1 N–H and O–H groups in total. The molecule has 3 heterocycles. The molecule has 220 valence electrons. The first-order valence-corrected chi connectivity index (χ1v) is 16.3. The zero-order chi connectivity index (χ0) is 28.3. The van der Waals surface area contributed by atoms with Crippen LogP contribution in [0, 0.1) is 11.8 Å². The van der Waals surface area contributed by atoms with Gasteiger partial charge in [-0.1, -0.05) is 36.8 Å². The summed E-state index contributed by atoms with van der Waals surface area (Å²) in [5.41, 5.74) is 2.00. The average Bonchev–Trinajstić information content (AvgIpc) is 3.78. The summed E-state index contributed by atoms with van der Waals surface area (Å²) in [6, 6.07) is 8.15. The number of carbonyl (C=O) groups is 1. The molecule has 2 saturated heterocycles. The second-order valence-corrected chi connectivity index (χ2v) is 13.5. The van der Waals surface area contributed by atoms with Gasteiger partial charge in [-0.15, -0.1) is 0 Å². The number of methoxy groups -OCH3 is 2. The SMILES string of the molecule is COc1cc(OC)cc(-c2cc(CCCCCN3CCNCC3)c(/C=C3\SC(=S)N(C4CC5CCC4C5)C3=O)o2)c1. The predicted octanol–water partition coefficient (Wildman–Crippen LogP) is 5.97. The number of thiocarbonyl (C=S) groups is 1. The molecule has 2 aliphatic carbocycles. The van der Waals surface area contributed by atoms with Crippen LogP contribution in [0.5, 0.6) is 11.5 Å². The minimum absolute atomic E-state index is 0.0421. The standard InChI is InChI=1S/C32H41N3O4S2/c1-37-25-16-24(17-26(19-25)38-2)28-18-23(6-4-3-5-11-34-12-9-33-10-13-34)29(39-28)20-30-31(36)35(32(40)41-30)27-15-21-7-8-22(27)14-21/h16-22,27,33H,3-15H2,1-2H3/b30-20-. The van der Waals surface area contributed by atoms with E-state index in [0.29, 0.717) is 26.6 Å². The number of fused-ring (bicyclic) bond motifs is 2. The maximum atomic E-state index is 13.7. The van der Waals surface area contributed by atoms with Crippen LogP contribution in [0.4, 0.5) is 0 Å². The fraction of sp³-hybridized carbons (Fsp3) is 0.562. The Kier molecular flexibility index (Phi) is 9.05. The third-order valence-corrected chi connectivity index (χ3v) is 10.6. The van der Waals surface area contributed by atoms with Crippen LogP contribution in [0.15, 0.2) is 33.6 Å². The maximum Gasteiger partial charge on any atom is 0.266 e. The first-order chi connectivity index (χ1) is 20.0. The van der Waals surface area contributed by atoms with Gasteiger partial charge in [0.15, 0.2) is 0 Å². The van der Waals surface area contributed by atoms with E-state index in [2.05, 4.69) is 16.3 Å². The summed E-state index contributed by atoms with van der Waals surface area (Å²) >= 11 is 7.17. The summed E-state index contributed by atoms with van der Waals surface area (Å²) in [6.45, 7) is 5.61. The van der Waals surface area contributed by atoms with Crippen LogP contribution in [-0.4, -0.2) is 73.0 Å². The van der Waals surface area contributed by atoms with E-state index in [1.54, 1.807) is 14.2 Å². The van der Waals surface area contributed by atoms with Gasteiger partial charge < -0.3 is 24.1 Å². The highest BCUT2D eigenvalue weighted by Gasteiger charge is 2.48. The predicted molar refractivity (Wildman–Crippen MR) is 168 cm³/mol. The van der Waals surface area contributed by atoms with Crippen LogP contribution in [0.3, 0.4) is 0 Å². The first-order valence-electron chi connectivity index (χ1n) is 15.1. The topological polar surface area (TPSA) is 67.2 Å². The highest BCUT2D eigenvalue weighted by atomic mass is 32.2. The molecule has 0 radical (unpaired) electrons. The molecule has 6 rings (SSSR count). The van der Waals surface area contributed by atoms with Gasteiger partial charge in [-0.05, 0) is 80.7 Å². The van der Waals surface area contributed by atoms with Gasteiger partial charge in [0.25, 0.3) is 5.91 Å². The molecule has 1 aromatic carbocycles. The minimum Gasteiger partial charge on any atom is -0.497 e. The van der Waals surface area contributed by atoms with Crippen molar-refractivity contribution in [1.82, 2.24) is 15.1 Å². The number of ether oxygens (including phenoxy) is 2. The number of hydrogen-bond acceptors (Lipinski definition) is 8. The minimum atomic E-state index is 0.0421. The molecule has 2 bridgehead atoms. The third-order valence-electron chi connectivity index (χ3n) is 9.23. The molecule has 1 aromatic heterocycles. The Labute approximate surface area is 253 Å². The van der Waals surface area contributed by atoms with Crippen LogP contribution >= 0.6 is 24.0 Å². The van der Waals surface area contributed by atoms with E-state index in [1.165, 1.54) is 37.4 Å². The molecule has 4 aliphatic rings. The van der Waals surface area contributed by atoms with Gasteiger partial charge in [-0.2, -0.15) is 0 Å². The van der Waals surface area contributed by atoms with Crippen molar-refractivity contribution in [2.24, 2.45) is 11.8 Å². The Bertz CT molecular complexity index is 1280. The second-order valence-electron chi connectivity index (χ2n) is 11.8. The number of thioether (sulfide) groups is 1. The van der Waals surface area contributed by atoms with Gasteiger partial charge in [0.05, 0.1) is 19.1 Å². The lowest BCUT2D eigenvalue weighted by Gasteiger charge is -2.30. The quantitative estimate of drug-likeness (QED) is 0.194. The number of nitrogens with one attached hydrogen (secondary N) is 1. The number of hydrogen-bond donors (Lipinski definition) is 1. The van der Waals surface area contributed by atoms with E-state index in [0.717, 1.165) is 87.0 Å². The summed E-state index contributed by atoms with van der Waals surface area (Å²) in [5.74, 6) is 4.30. The lowest BCUT2D eigenvalue weighted by molar-refractivity contribution is -0.124. The Morgan fingerprint density at radius 3 is 2.51 bits per heavy atom. The fourth-order valence-electron chi connectivity index (χ4n) is 7.03. The number of benzene rings is 1. The maximum absolute atomic E-state index is 13.7. The number of carbonyl (C=O) groups excluding carboxylic acids is 1. The highest BCUT2D eigenvalue weighted by molar-refractivity contribution is 8.26. The molecule has 2 aliphatic heterocycles. The van der Waals surface area contributed by atoms with Crippen LogP contribution < -0.4 is 14.8 Å². The number of amides is 1. The van der Waals surface area contributed by atoms with Crippen molar-refractivity contribution >= 4 is 40.3 Å². The lowest BCUT2D eigenvalue weighted by atomic mass is 9.94. The third kappa shape index (κ3) is 6.38. The Morgan fingerprint density at radius 2 is 1.83 bits per heavy atom. The van der Waals surface area contributed by atoms with E-state index in [-0.39, 0.29) is 11.9 Å². The normalized spacial score (nSPS) is 25.6. The lowest BCUT2D eigenvalue weighted by Crippen LogP contribution is -2.43. The number of unbranched alkanes of at least 4 members (excludes halogenated alkanes) is 2. The van der Waals surface area contributed by atoms with E-state index in [4.69, 9.17) is 26.1 Å². The Hall–Kier alpha value is -2.33. The van der Waals surface area contributed by atoms with Crippen LogP contribution in [-0.2, 0) is 11.2 Å². The molecule has 2 aromatic rings. The smallest absolute Gasteiger partial charge is 0.266 e. The fourth-order valence-corrected chi connectivity index (χ4v) is 8.37. The summed E-state index contributed by atoms with van der Waals surface area (Å²) in [4.78, 5) is 18.8. The van der Waals surface area contributed by atoms with Crippen LogP contribution in [0.25, 0.3) is 17.4 Å². The molecule has 4 fully saturated rings. The van der Waals surface area contributed by atoms with E-state index in [9.17, 15) is 4.79 Å². The molecular formula is C32H41N3O4S2. The number of nitrogens with zero attached hydrogens (tertiary/aromatic N) is 2. The molecular weight excluding hydrogens is 555 g/mol. The summed E-state index contributed by atoms with van der Waals surface area (Å²) in [5, 5.41) is 3.42. The summed E-state index contributed by atoms with van der Waals surface area (Å²) in [7, 11) is 3.30. The zero-order valence-corrected chi connectivity index (χ0v) is 25.8. The molecule has 0 spiro atoms. The molecule has 7 nitrogen and oxygen atoms in total. The van der Waals surface area contributed by atoms with Crippen molar-refractivity contribution in [2.45, 2.75) is 57.4 Å². The van der Waals surface area contributed by atoms with Gasteiger partial charge in [0.2, 0.25) is 0 Å². The number of piperazine rings is 1. The van der Waals surface area contributed by atoms with Crippen molar-refractivity contribution in [1.29, 1.82) is 0 Å². The van der Waals surface area contributed by atoms with Gasteiger partial charge in [-0.3, -0.25) is 9.69 Å².